The summed E-state index contributed by atoms with van der Waals surface area (Å²) in [5.41, 5.74) is 1.73. The summed E-state index contributed by atoms with van der Waals surface area (Å²) >= 11 is 0. The van der Waals surface area contributed by atoms with Gasteiger partial charge in [-0.25, -0.2) is 19.3 Å². The molecule has 0 saturated carbocycles. The van der Waals surface area contributed by atoms with Gasteiger partial charge in [0.25, 0.3) is 6.01 Å². The Hall–Kier alpha value is -3.32. The van der Waals surface area contributed by atoms with Gasteiger partial charge in [-0.2, -0.15) is 0 Å². The molecule has 0 saturated heterocycles. The maximum Gasteiger partial charge on any atom is 0.297 e. The number of halogens is 1. The molecule has 0 spiro atoms. The molecular weight excluding hydrogens is 383 g/mol. The highest BCUT2D eigenvalue weighted by Crippen LogP contribution is 2.30. The molecule has 0 atom stereocenters. The summed E-state index contributed by atoms with van der Waals surface area (Å²) in [6.45, 7) is 4.59. The minimum Gasteiger partial charge on any atom is -0.468 e. The number of rotatable bonds is 7. The van der Waals surface area contributed by atoms with Crippen molar-refractivity contribution in [1.82, 2.24) is 19.5 Å². The summed E-state index contributed by atoms with van der Waals surface area (Å²) in [4.78, 5) is 13.8. The highest BCUT2D eigenvalue weighted by molar-refractivity contribution is 5.52. The van der Waals surface area contributed by atoms with E-state index in [2.05, 4.69) is 9.97 Å². The first-order valence-corrected chi connectivity index (χ1v) is 9.66. The minimum absolute atomic E-state index is 0.251. The van der Waals surface area contributed by atoms with E-state index in [9.17, 15) is 4.39 Å². The summed E-state index contributed by atoms with van der Waals surface area (Å²) in [5, 5.41) is 0. The van der Waals surface area contributed by atoms with Crippen molar-refractivity contribution < 1.29 is 13.9 Å². The summed E-state index contributed by atoms with van der Waals surface area (Å²) in [7, 11) is 1.58. The lowest BCUT2D eigenvalue weighted by atomic mass is 10.1. The van der Waals surface area contributed by atoms with Gasteiger partial charge in [-0.05, 0) is 37.1 Å². The van der Waals surface area contributed by atoms with Gasteiger partial charge in [0.05, 0.1) is 26.5 Å². The van der Waals surface area contributed by atoms with Gasteiger partial charge in [-0.15, -0.1) is 0 Å². The van der Waals surface area contributed by atoms with E-state index in [1.807, 2.05) is 54.8 Å². The van der Waals surface area contributed by atoms with Gasteiger partial charge in [-0.1, -0.05) is 42.5 Å². The van der Waals surface area contributed by atoms with Crippen molar-refractivity contribution >= 4 is 0 Å². The summed E-state index contributed by atoms with van der Waals surface area (Å²) in [5.74, 6) is 0.915. The number of hydrogen-bond acceptors (Lipinski definition) is 5. The lowest BCUT2D eigenvalue weighted by Crippen LogP contribution is -2.23. The third-order valence-electron chi connectivity index (χ3n) is 4.84. The van der Waals surface area contributed by atoms with Gasteiger partial charge in [0.15, 0.2) is 11.6 Å². The number of aromatic nitrogens is 4. The Morgan fingerprint density at radius 1 is 1.00 bits per heavy atom. The fourth-order valence-corrected chi connectivity index (χ4v) is 3.20. The van der Waals surface area contributed by atoms with Crippen LogP contribution in [0.3, 0.4) is 0 Å². The van der Waals surface area contributed by atoms with Crippen LogP contribution in [0.4, 0.5) is 4.39 Å². The molecule has 2 aromatic rings. The van der Waals surface area contributed by atoms with E-state index in [0.717, 1.165) is 11.1 Å². The van der Waals surface area contributed by atoms with Crippen LogP contribution in [0.1, 0.15) is 30.8 Å². The van der Waals surface area contributed by atoms with E-state index >= 15 is 0 Å². The molecule has 2 aliphatic heterocycles. The zero-order valence-electron chi connectivity index (χ0n) is 17.2. The first kappa shape index (κ1) is 20.0. The Morgan fingerprint density at radius 2 is 1.77 bits per heavy atom. The van der Waals surface area contributed by atoms with Crippen LogP contribution in [0, 0.1) is 5.82 Å². The highest BCUT2D eigenvalue weighted by Gasteiger charge is 2.30. The lowest BCUT2D eigenvalue weighted by molar-refractivity contribution is -0.0394. The zero-order valence-corrected chi connectivity index (χ0v) is 17.2. The molecule has 2 aromatic carbocycles. The second kappa shape index (κ2) is 8.20. The van der Waals surface area contributed by atoms with Crippen LogP contribution in [0.2, 0.25) is 0 Å². The van der Waals surface area contributed by atoms with E-state index in [-0.39, 0.29) is 12.4 Å². The van der Waals surface area contributed by atoms with E-state index < -0.39 is 5.60 Å². The topological polar surface area (TPSA) is 62.1 Å². The zero-order chi connectivity index (χ0) is 21.1. The molecule has 6 nitrogen and oxygen atoms in total. The molecule has 0 unspecified atom stereocenters. The number of ether oxygens (including phenoxy) is 2. The second-order valence-corrected chi connectivity index (χ2v) is 7.50. The second-order valence-electron chi connectivity index (χ2n) is 7.50. The predicted octanol–water partition coefficient (Wildman–Crippen LogP) is 4.43. The van der Waals surface area contributed by atoms with Crippen LogP contribution in [0.25, 0.3) is 11.5 Å². The summed E-state index contributed by atoms with van der Waals surface area (Å²) < 4.78 is 26.8. The lowest BCUT2D eigenvalue weighted by Gasteiger charge is -2.22. The van der Waals surface area contributed by atoms with Crippen LogP contribution in [-0.4, -0.2) is 26.6 Å². The van der Waals surface area contributed by atoms with Crippen molar-refractivity contribution in [1.29, 1.82) is 0 Å². The van der Waals surface area contributed by atoms with Gasteiger partial charge in [0.2, 0.25) is 0 Å². The van der Waals surface area contributed by atoms with Crippen LogP contribution in [0.5, 0.6) is 6.01 Å². The largest absolute Gasteiger partial charge is 0.468 e. The number of methoxy groups -OCH3 is 1. The van der Waals surface area contributed by atoms with Crippen LogP contribution in [-0.2, 0) is 23.5 Å². The third kappa shape index (κ3) is 4.16. The molecule has 0 bridgehead atoms. The van der Waals surface area contributed by atoms with E-state index in [4.69, 9.17) is 14.5 Å². The van der Waals surface area contributed by atoms with Crippen molar-refractivity contribution in [2.45, 2.75) is 32.6 Å². The molecule has 7 heteroatoms. The molecule has 154 valence electrons. The van der Waals surface area contributed by atoms with Gasteiger partial charge in [0.1, 0.15) is 17.1 Å². The molecule has 2 heterocycles. The first-order valence-electron chi connectivity index (χ1n) is 9.66. The standard InChI is InChI=1S/C23H23FN4O2/c1-23(2,30-15-17-10-7-11-18(24)12-17)21-26-19-13-25-22(29-3)28(20(19)27-21)14-16-8-5-4-6-9-16/h4-13H,14-15H2,1-3H3. The van der Waals surface area contributed by atoms with Gasteiger partial charge < -0.3 is 9.47 Å². The Kier molecular flexibility index (Phi) is 5.46. The molecular formula is C23H23FN4O2. The average molecular weight is 406 g/mol. The van der Waals surface area contributed by atoms with Crippen LogP contribution < -0.4 is 4.74 Å². The smallest absolute Gasteiger partial charge is 0.297 e. The maximum atomic E-state index is 13.4. The van der Waals surface area contributed by atoms with Crippen molar-refractivity contribution in [2.75, 3.05) is 7.11 Å². The van der Waals surface area contributed by atoms with Crippen molar-refractivity contribution in [2.24, 2.45) is 0 Å². The van der Waals surface area contributed by atoms with Crippen LogP contribution in [0.15, 0.2) is 60.8 Å². The maximum absolute atomic E-state index is 13.4. The highest BCUT2D eigenvalue weighted by atomic mass is 19.1. The summed E-state index contributed by atoms with van der Waals surface area (Å²) in [6.07, 6.45) is 1.65. The van der Waals surface area contributed by atoms with Gasteiger partial charge in [0, 0.05) is 0 Å². The molecule has 0 aromatic heterocycles. The van der Waals surface area contributed by atoms with Crippen molar-refractivity contribution in [3.63, 3.8) is 0 Å². The monoisotopic (exact) mass is 406 g/mol. The number of fused-ring (bicyclic) bond motifs is 1. The molecule has 0 N–H and O–H groups in total. The Bertz CT molecular complexity index is 1110. The van der Waals surface area contributed by atoms with Crippen molar-refractivity contribution in [3.8, 4) is 17.5 Å². The predicted molar refractivity (Wildman–Crippen MR) is 111 cm³/mol. The van der Waals surface area contributed by atoms with E-state index in [1.54, 1.807) is 19.4 Å². The molecule has 0 fully saturated rings. The minimum atomic E-state index is -0.775. The third-order valence-corrected chi connectivity index (χ3v) is 4.84. The van der Waals surface area contributed by atoms with Crippen molar-refractivity contribution in [3.05, 3.63) is 83.6 Å². The fourth-order valence-electron chi connectivity index (χ4n) is 3.20. The Labute approximate surface area is 174 Å². The Balaban J connectivity index is 1.64. The van der Waals surface area contributed by atoms with E-state index in [1.165, 1.54) is 12.1 Å². The first-order chi connectivity index (χ1) is 14.5. The quantitative estimate of drug-likeness (QED) is 0.454. The van der Waals surface area contributed by atoms with Gasteiger partial charge >= 0.3 is 0 Å². The van der Waals surface area contributed by atoms with E-state index in [0.29, 0.717) is 29.9 Å². The molecule has 30 heavy (non-hydrogen) atoms. The number of benzene rings is 2. The molecule has 4 rings (SSSR count). The molecule has 0 radical (unpaired) electrons. The average Bonchev–Trinajstić information content (AvgIpc) is 3.19. The molecule has 0 amide bonds. The number of hydrogen-bond donors (Lipinski definition) is 0. The molecule has 2 aliphatic rings. The van der Waals surface area contributed by atoms with Crippen LogP contribution >= 0.6 is 0 Å². The molecule has 0 aliphatic carbocycles. The SMILES string of the molecule is COc1ncc2nc(C(C)(C)OCc3cccc(F)c3)nc-2n1Cc1ccccc1. The normalized spacial score (nSPS) is 11.7. The van der Waals surface area contributed by atoms with Gasteiger partial charge in [-0.3, -0.25) is 4.57 Å². The number of nitrogens with zero attached hydrogens (tertiary/aromatic N) is 4. The fraction of sp³-hybridized carbons (Fsp3) is 0.261. The number of imidazole rings is 1. The summed E-state index contributed by atoms with van der Waals surface area (Å²) in [6, 6.07) is 16.8. The Morgan fingerprint density at radius 3 is 2.50 bits per heavy atom.